The zero-order chi connectivity index (χ0) is 17.4. The minimum atomic E-state index is -0.245. The molecular formula is C20H20O5. The van der Waals surface area contributed by atoms with Crippen LogP contribution in [0.5, 0.6) is 28.7 Å². The van der Waals surface area contributed by atoms with Crippen LogP contribution in [0, 0.1) is 0 Å². The average Bonchev–Trinajstić information content (AvgIpc) is 3.09. The van der Waals surface area contributed by atoms with Gasteiger partial charge in [0.15, 0.2) is 29.1 Å². The highest BCUT2D eigenvalue weighted by Gasteiger charge is 2.33. The summed E-state index contributed by atoms with van der Waals surface area (Å²) in [6.07, 6.45) is 2.16. The molecule has 0 fully saturated rings. The zero-order valence-electron chi connectivity index (χ0n) is 14.3. The van der Waals surface area contributed by atoms with Crippen LogP contribution in [0.3, 0.4) is 0 Å². The van der Waals surface area contributed by atoms with Crippen molar-refractivity contribution in [3.8, 4) is 28.7 Å². The number of allylic oxidation sites excluding steroid dienone is 1. The minimum Gasteiger partial charge on any atom is -0.493 e. The van der Waals surface area contributed by atoms with Gasteiger partial charge in [0.2, 0.25) is 12.5 Å². The van der Waals surface area contributed by atoms with E-state index in [1.807, 2.05) is 43.3 Å². The van der Waals surface area contributed by atoms with Crippen LogP contribution in [0.4, 0.5) is 0 Å². The lowest BCUT2D eigenvalue weighted by atomic mass is 10.0. The van der Waals surface area contributed by atoms with Gasteiger partial charge in [0.1, 0.15) is 6.10 Å². The van der Waals surface area contributed by atoms with Crippen molar-refractivity contribution < 1.29 is 23.7 Å². The molecule has 4 rings (SSSR count). The van der Waals surface area contributed by atoms with Crippen molar-refractivity contribution in [3.05, 3.63) is 54.1 Å². The van der Waals surface area contributed by atoms with Gasteiger partial charge < -0.3 is 23.7 Å². The Morgan fingerprint density at radius 3 is 2.76 bits per heavy atom. The van der Waals surface area contributed by atoms with Gasteiger partial charge in [-0.15, -0.1) is 6.58 Å². The Hall–Kier alpha value is -2.82. The summed E-state index contributed by atoms with van der Waals surface area (Å²) < 4.78 is 28.7. The van der Waals surface area contributed by atoms with Gasteiger partial charge >= 0.3 is 0 Å². The fraction of sp³-hybridized carbons (Fsp3) is 0.300. The summed E-state index contributed by atoms with van der Waals surface area (Å²) in [6, 6.07) is 9.76. The monoisotopic (exact) mass is 340 g/mol. The molecular weight excluding hydrogens is 320 g/mol. The van der Waals surface area contributed by atoms with Crippen LogP contribution >= 0.6 is 0 Å². The van der Waals surface area contributed by atoms with Crippen LogP contribution in [0.25, 0.3) is 0 Å². The molecule has 0 unspecified atom stereocenters. The molecule has 2 aliphatic heterocycles. The fourth-order valence-corrected chi connectivity index (χ4v) is 3.18. The maximum absolute atomic E-state index is 6.28. The Balaban J connectivity index is 1.70. The van der Waals surface area contributed by atoms with E-state index in [9.17, 15) is 0 Å². The summed E-state index contributed by atoms with van der Waals surface area (Å²) in [5.74, 6) is 3.47. The molecule has 2 aliphatic rings. The minimum absolute atomic E-state index is 0.174. The highest BCUT2D eigenvalue weighted by molar-refractivity contribution is 5.56. The first-order valence-electron chi connectivity index (χ1n) is 8.24. The van der Waals surface area contributed by atoms with Crippen LogP contribution in [-0.2, 0) is 6.42 Å². The topological polar surface area (TPSA) is 46.2 Å². The highest BCUT2D eigenvalue weighted by atomic mass is 16.7. The molecule has 0 aliphatic carbocycles. The molecule has 2 atom stereocenters. The molecule has 0 spiro atoms. The Morgan fingerprint density at radius 1 is 1.12 bits per heavy atom. The van der Waals surface area contributed by atoms with Gasteiger partial charge in [-0.05, 0) is 43.2 Å². The molecule has 0 radical (unpaired) electrons. The number of hydrogen-bond donors (Lipinski definition) is 0. The van der Waals surface area contributed by atoms with E-state index in [4.69, 9.17) is 23.7 Å². The molecule has 25 heavy (non-hydrogen) atoms. The lowest BCUT2D eigenvalue weighted by Crippen LogP contribution is -2.30. The van der Waals surface area contributed by atoms with Gasteiger partial charge in [-0.25, -0.2) is 0 Å². The number of benzene rings is 2. The van der Waals surface area contributed by atoms with E-state index in [1.54, 1.807) is 7.11 Å². The summed E-state index contributed by atoms with van der Waals surface area (Å²) >= 11 is 0. The smallest absolute Gasteiger partial charge is 0.231 e. The van der Waals surface area contributed by atoms with Crippen molar-refractivity contribution in [1.29, 1.82) is 0 Å². The SMILES string of the molecule is C=CCc1cc(OC)c2c(c1)O[C@H](c1ccc3c(c1)OCO3)[C@@H](C)O2. The second-order valence-electron chi connectivity index (χ2n) is 6.09. The molecule has 0 bridgehead atoms. The lowest BCUT2D eigenvalue weighted by Gasteiger charge is -2.33. The van der Waals surface area contributed by atoms with E-state index < -0.39 is 0 Å². The molecule has 5 heteroatoms. The van der Waals surface area contributed by atoms with E-state index in [1.165, 1.54) is 0 Å². The number of ether oxygens (including phenoxy) is 5. The van der Waals surface area contributed by atoms with Gasteiger partial charge in [-0.3, -0.25) is 0 Å². The lowest BCUT2D eigenvalue weighted by molar-refractivity contribution is 0.0280. The summed E-state index contributed by atoms with van der Waals surface area (Å²) in [5, 5.41) is 0. The first kappa shape index (κ1) is 15.7. The Labute approximate surface area is 146 Å². The first-order valence-corrected chi connectivity index (χ1v) is 8.24. The quantitative estimate of drug-likeness (QED) is 0.786. The van der Waals surface area contributed by atoms with Crippen LogP contribution in [0.15, 0.2) is 43.0 Å². The zero-order valence-corrected chi connectivity index (χ0v) is 14.3. The maximum atomic E-state index is 6.28. The van der Waals surface area contributed by atoms with Gasteiger partial charge in [-0.2, -0.15) is 0 Å². The molecule has 2 aromatic carbocycles. The van der Waals surface area contributed by atoms with E-state index in [0.29, 0.717) is 17.2 Å². The molecule has 0 N–H and O–H groups in total. The second kappa shape index (κ2) is 6.24. The van der Waals surface area contributed by atoms with E-state index in [-0.39, 0.29) is 19.0 Å². The predicted octanol–water partition coefficient (Wildman–Crippen LogP) is 4.05. The molecule has 2 aromatic rings. The van der Waals surface area contributed by atoms with Crippen molar-refractivity contribution in [3.63, 3.8) is 0 Å². The van der Waals surface area contributed by atoms with Crippen molar-refractivity contribution in [2.45, 2.75) is 25.6 Å². The summed E-state index contributed by atoms with van der Waals surface area (Å²) in [4.78, 5) is 0. The number of rotatable bonds is 4. The maximum Gasteiger partial charge on any atom is 0.231 e. The normalized spacial score (nSPS) is 20.2. The van der Waals surface area contributed by atoms with Crippen molar-refractivity contribution in [2.75, 3.05) is 13.9 Å². The van der Waals surface area contributed by atoms with E-state index in [0.717, 1.165) is 29.0 Å². The number of methoxy groups -OCH3 is 1. The summed E-state index contributed by atoms with van der Waals surface area (Å²) in [5.41, 5.74) is 2.05. The average molecular weight is 340 g/mol. The third-order valence-corrected chi connectivity index (χ3v) is 4.39. The molecule has 130 valence electrons. The largest absolute Gasteiger partial charge is 0.493 e. The molecule has 0 amide bonds. The number of fused-ring (bicyclic) bond motifs is 2. The number of hydrogen-bond acceptors (Lipinski definition) is 5. The van der Waals surface area contributed by atoms with Crippen LogP contribution in [-0.4, -0.2) is 20.0 Å². The van der Waals surface area contributed by atoms with Gasteiger partial charge in [0.05, 0.1) is 7.11 Å². The Bertz CT molecular complexity index is 814. The van der Waals surface area contributed by atoms with Crippen molar-refractivity contribution in [1.82, 2.24) is 0 Å². The van der Waals surface area contributed by atoms with Gasteiger partial charge in [0, 0.05) is 5.56 Å². The molecule has 2 heterocycles. The Kier molecular flexibility index (Phi) is 3.92. The first-order chi connectivity index (χ1) is 12.2. The highest BCUT2D eigenvalue weighted by Crippen LogP contribution is 2.47. The van der Waals surface area contributed by atoms with Crippen LogP contribution in [0.2, 0.25) is 0 Å². The van der Waals surface area contributed by atoms with Gasteiger partial charge in [0.25, 0.3) is 0 Å². The van der Waals surface area contributed by atoms with Crippen molar-refractivity contribution in [2.24, 2.45) is 0 Å². The standard InChI is InChI=1S/C20H20O5/c1-4-5-13-8-17(21-3)20-18(9-13)25-19(12(2)24-20)14-6-7-15-16(10-14)23-11-22-15/h4,6-10,12,19H,1,5,11H2,2-3H3/t12-,19+/m1/s1. The van der Waals surface area contributed by atoms with Crippen molar-refractivity contribution >= 4 is 0 Å². The second-order valence-corrected chi connectivity index (χ2v) is 6.09. The molecule has 0 saturated heterocycles. The van der Waals surface area contributed by atoms with Gasteiger partial charge in [-0.1, -0.05) is 12.1 Å². The molecule has 0 aromatic heterocycles. The fourth-order valence-electron chi connectivity index (χ4n) is 3.18. The third-order valence-electron chi connectivity index (χ3n) is 4.39. The van der Waals surface area contributed by atoms with E-state index in [2.05, 4.69) is 6.58 Å². The molecule has 5 nitrogen and oxygen atoms in total. The van der Waals surface area contributed by atoms with E-state index >= 15 is 0 Å². The third kappa shape index (κ3) is 2.76. The predicted molar refractivity (Wildman–Crippen MR) is 92.9 cm³/mol. The van der Waals surface area contributed by atoms with Crippen LogP contribution in [0.1, 0.15) is 24.2 Å². The molecule has 0 saturated carbocycles. The summed E-state index contributed by atoms with van der Waals surface area (Å²) in [6.45, 7) is 6.03. The van der Waals surface area contributed by atoms with Crippen LogP contribution < -0.4 is 23.7 Å². The summed E-state index contributed by atoms with van der Waals surface area (Å²) in [7, 11) is 1.63. The Morgan fingerprint density at radius 2 is 1.96 bits per heavy atom.